The summed E-state index contributed by atoms with van der Waals surface area (Å²) >= 11 is 9.19. The first-order valence-corrected chi connectivity index (χ1v) is 8.73. The molecule has 1 aromatic carbocycles. The van der Waals surface area contributed by atoms with Gasteiger partial charge in [-0.3, -0.25) is 0 Å². The van der Waals surface area contributed by atoms with Gasteiger partial charge in [-0.25, -0.2) is 13.1 Å². The van der Waals surface area contributed by atoms with Crippen molar-refractivity contribution in [2.45, 2.75) is 24.8 Å². The number of sulfonamides is 1. The van der Waals surface area contributed by atoms with Crippen LogP contribution in [0.3, 0.4) is 0 Å². The van der Waals surface area contributed by atoms with E-state index in [9.17, 15) is 8.42 Å². The summed E-state index contributed by atoms with van der Waals surface area (Å²) in [5, 5.41) is 3.38. The van der Waals surface area contributed by atoms with Crippen LogP contribution in [0.1, 0.15) is 13.8 Å². The summed E-state index contributed by atoms with van der Waals surface area (Å²) in [5.41, 5.74) is 0. The van der Waals surface area contributed by atoms with E-state index in [4.69, 9.17) is 16.3 Å². The summed E-state index contributed by atoms with van der Waals surface area (Å²) < 4.78 is 32.5. The second kappa shape index (κ2) is 9.17. The van der Waals surface area contributed by atoms with E-state index in [1.54, 1.807) is 0 Å². The Morgan fingerprint density at radius 3 is 2.57 bits per heavy atom. The minimum Gasteiger partial charge on any atom is -0.495 e. The standard InChI is InChI=1S/C12H18BrClN2O3S.ClH/c1-4-15-8(2)7-16-20(17,18)12-6-10(14)11(19-3)5-9(12)13;/h5-6,8,15-16H,4,7H2,1-3H3;1H/t8-;/m1./s1. The molecule has 0 aliphatic rings. The zero-order valence-electron chi connectivity index (χ0n) is 11.9. The predicted octanol–water partition coefficient (Wildman–Crippen LogP) is 2.81. The molecule has 0 aromatic heterocycles. The molecule has 122 valence electrons. The quantitative estimate of drug-likeness (QED) is 0.710. The molecule has 0 unspecified atom stereocenters. The van der Waals surface area contributed by atoms with Crippen LogP contribution in [-0.2, 0) is 10.0 Å². The molecule has 21 heavy (non-hydrogen) atoms. The molecule has 5 nitrogen and oxygen atoms in total. The Labute approximate surface area is 145 Å². The first-order valence-electron chi connectivity index (χ1n) is 6.08. The number of methoxy groups -OCH3 is 1. The van der Waals surface area contributed by atoms with Crippen LogP contribution in [-0.4, -0.2) is 34.7 Å². The van der Waals surface area contributed by atoms with Crippen LogP contribution in [0.5, 0.6) is 5.75 Å². The van der Waals surface area contributed by atoms with Crippen LogP contribution in [0.2, 0.25) is 5.02 Å². The average Bonchev–Trinajstić information content (AvgIpc) is 2.39. The lowest BCUT2D eigenvalue weighted by Gasteiger charge is -2.15. The third kappa shape index (κ3) is 5.92. The van der Waals surface area contributed by atoms with Crippen LogP contribution < -0.4 is 14.8 Å². The highest BCUT2D eigenvalue weighted by Gasteiger charge is 2.20. The smallest absolute Gasteiger partial charge is 0.241 e. The van der Waals surface area contributed by atoms with Gasteiger partial charge in [-0.15, -0.1) is 12.4 Å². The molecule has 0 aliphatic heterocycles. The molecule has 0 radical (unpaired) electrons. The summed E-state index contributed by atoms with van der Waals surface area (Å²) in [6, 6.07) is 2.94. The van der Waals surface area contributed by atoms with Gasteiger partial charge >= 0.3 is 0 Å². The summed E-state index contributed by atoms with van der Waals surface area (Å²) in [6.07, 6.45) is 0. The van der Waals surface area contributed by atoms with Gasteiger partial charge in [0.2, 0.25) is 10.0 Å². The fraction of sp³-hybridized carbons (Fsp3) is 0.500. The van der Waals surface area contributed by atoms with E-state index in [1.807, 2.05) is 13.8 Å². The van der Waals surface area contributed by atoms with Crippen molar-refractivity contribution in [3.63, 3.8) is 0 Å². The Hall–Kier alpha value is -0.0500. The molecule has 1 aromatic rings. The van der Waals surface area contributed by atoms with Gasteiger partial charge in [0.15, 0.2) is 0 Å². The number of nitrogens with one attached hydrogen (secondary N) is 2. The Balaban J connectivity index is 0.00000400. The lowest BCUT2D eigenvalue weighted by Crippen LogP contribution is -2.38. The van der Waals surface area contributed by atoms with E-state index in [0.29, 0.717) is 16.8 Å². The molecule has 0 fully saturated rings. The molecular weight excluding hydrogens is 403 g/mol. The molecule has 0 saturated heterocycles. The van der Waals surface area contributed by atoms with Crippen LogP contribution in [0.25, 0.3) is 0 Å². The van der Waals surface area contributed by atoms with E-state index >= 15 is 0 Å². The number of hydrogen-bond acceptors (Lipinski definition) is 4. The van der Waals surface area contributed by atoms with E-state index in [1.165, 1.54) is 19.2 Å². The largest absolute Gasteiger partial charge is 0.495 e. The number of halogens is 3. The van der Waals surface area contributed by atoms with Crippen LogP contribution in [0, 0.1) is 0 Å². The van der Waals surface area contributed by atoms with Crippen molar-refractivity contribution in [3.8, 4) is 5.75 Å². The monoisotopic (exact) mass is 420 g/mol. The molecular formula is C12H19BrCl2N2O3S. The van der Waals surface area contributed by atoms with Crippen molar-refractivity contribution >= 4 is 50.0 Å². The normalized spacial score (nSPS) is 12.6. The highest BCUT2D eigenvalue weighted by Crippen LogP contribution is 2.33. The Morgan fingerprint density at radius 2 is 2.05 bits per heavy atom. The third-order valence-electron chi connectivity index (χ3n) is 2.63. The van der Waals surface area contributed by atoms with Gasteiger partial charge in [0, 0.05) is 17.1 Å². The first-order chi connectivity index (χ1) is 9.31. The van der Waals surface area contributed by atoms with Crippen molar-refractivity contribution < 1.29 is 13.2 Å². The lowest BCUT2D eigenvalue weighted by molar-refractivity contribution is 0.414. The molecule has 0 bridgehead atoms. The highest BCUT2D eigenvalue weighted by molar-refractivity contribution is 9.10. The van der Waals surface area contributed by atoms with Crippen molar-refractivity contribution in [1.82, 2.24) is 10.0 Å². The molecule has 0 aliphatic carbocycles. The molecule has 1 atom stereocenters. The van der Waals surface area contributed by atoms with Crippen molar-refractivity contribution in [3.05, 3.63) is 21.6 Å². The van der Waals surface area contributed by atoms with E-state index in [0.717, 1.165) is 6.54 Å². The number of ether oxygens (including phenoxy) is 1. The highest BCUT2D eigenvalue weighted by atomic mass is 79.9. The van der Waals surface area contributed by atoms with Crippen molar-refractivity contribution in [2.75, 3.05) is 20.2 Å². The van der Waals surface area contributed by atoms with Gasteiger partial charge in [0.05, 0.1) is 17.0 Å². The molecule has 2 N–H and O–H groups in total. The summed E-state index contributed by atoms with van der Waals surface area (Å²) in [6.45, 7) is 4.94. The van der Waals surface area contributed by atoms with E-state index in [-0.39, 0.29) is 28.4 Å². The van der Waals surface area contributed by atoms with Crippen LogP contribution >= 0.6 is 39.9 Å². The van der Waals surface area contributed by atoms with Gasteiger partial charge in [0.25, 0.3) is 0 Å². The fourth-order valence-corrected chi connectivity index (χ4v) is 4.09. The summed E-state index contributed by atoms with van der Waals surface area (Å²) in [4.78, 5) is 0.0898. The zero-order chi connectivity index (χ0) is 15.3. The maximum absolute atomic E-state index is 12.2. The topological polar surface area (TPSA) is 67.4 Å². The molecule has 0 spiro atoms. The van der Waals surface area contributed by atoms with E-state index in [2.05, 4.69) is 26.0 Å². The maximum Gasteiger partial charge on any atom is 0.241 e. The second-order valence-corrected chi connectivity index (χ2v) is 7.22. The molecule has 0 saturated carbocycles. The third-order valence-corrected chi connectivity index (χ3v) is 5.31. The fourth-order valence-electron chi connectivity index (χ4n) is 1.61. The number of likely N-dealkylation sites (N-methyl/N-ethyl adjacent to an activating group) is 1. The van der Waals surface area contributed by atoms with Crippen LogP contribution in [0.15, 0.2) is 21.5 Å². The van der Waals surface area contributed by atoms with Gasteiger partial charge in [-0.05, 0) is 41.5 Å². The Kier molecular flexibility index (Phi) is 9.15. The van der Waals surface area contributed by atoms with Gasteiger partial charge in [-0.2, -0.15) is 0 Å². The summed E-state index contributed by atoms with van der Waals surface area (Å²) in [5.74, 6) is 0.415. The minimum atomic E-state index is -3.63. The SMILES string of the molecule is CCN[C@H](C)CNS(=O)(=O)c1cc(Cl)c(OC)cc1Br.Cl. The van der Waals surface area contributed by atoms with Gasteiger partial charge in [-0.1, -0.05) is 18.5 Å². The predicted molar refractivity (Wildman–Crippen MR) is 91.3 cm³/mol. The average molecular weight is 422 g/mol. The Morgan fingerprint density at radius 1 is 1.43 bits per heavy atom. The van der Waals surface area contributed by atoms with Gasteiger partial charge in [0.1, 0.15) is 5.75 Å². The zero-order valence-corrected chi connectivity index (χ0v) is 15.9. The number of rotatable bonds is 7. The lowest BCUT2D eigenvalue weighted by atomic mass is 10.3. The second-order valence-electron chi connectivity index (χ2n) is 4.23. The first kappa shape index (κ1) is 20.9. The molecule has 1 rings (SSSR count). The number of hydrogen-bond donors (Lipinski definition) is 2. The molecule has 9 heteroatoms. The van der Waals surface area contributed by atoms with Gasteiger partial charge < -0.3 is 10.1 Å². The van der Waals surface area contributed by atoms with Crippen molar-refractivity contribution in [1.29, 1.82) is 0 Å². The van der Waals surface area contributed by atoms with Crippen LogP contribution in [0.4, 0.5) is 0 Å². The summed E-state index contributed by atoms with van der Waals surface area (Å²) in [7, 11) is -2.16. The van der Waals surface area contributed by atoms with Crippen molar-refractivity contribution in [2.24, 2.45) is 0 Å². The maximum atomic E-state index is 12.2. The minimum absolute atomic E-state index is 0. The number of benzene rings is 1. The van der Waals surface area contributed by atoms with E-state index < -0.39 is 10.0 Å². The molecule has 0 amide bonds. The Bertz CT molecular complexity index is 570. The molecule has 0 heterocycles.